The highest BCUT2D eigenvalue weighted by atomic mass is 16.7. The Hall–Kier alpha value is -2.62. The summed E-state index contributed by atoms with van der Waals surface area (Å²) in [5.41, 5.74) is 3.99. The van der Waals surface area contributed by atoms with Crippen molar-refractivity contribution in [2.24, 2.45) is 5.73 Å². The third kappa shape index (κ3) is 3.90. The molecule has 3 rings (SSSR count). The second kappa shape index (κ2) is 7.18. The highest BCUT2D eigenvalue weighted by molar-refractivity contribution is 5.77. The van der Waals surface area contributed by atoms with E-state index in [1.807, 2.05) is 0 Å². The van der Waals surface area contributed by atoms with Crippen molar-refractivity contribution >= 4 is 17.1 Å². The number of primary amides is 1. The molecular weight excluding hydrogens is 358 g/mol. The lowest BCUT2D eigenvalue weighted by molar-refractivity contribution is -0.304. The summed E-state index contributed by atoms with van der Waals surface area (Å²) in [6.45, 7) is 3.42. The van der Waals surface area contributed by atoms with E-state index >= 15 is 0 Å². The third-order valence-corrected chi connectivity index (χ3v) is 4.37. The average Bonchev–Trinajstić information content (AvgIpc) is 2.57. The third-order valence-electron chi connectivity index (χ3n) is 4.37. The number of ether oxygens (including phenoxy) is 4. The van der Waals surface area contributed by atoms with E-state index in [0.29, 0.717) is 16.7 Å². The zero-order chi connectivity index (χ0) is 19.8. The molecule has 4 unspecified atom stereocenters. The van der Waals surface area contributed by atoms with Crippen LogP contribution in [0.5, 0.6) is 5.75 Å². The van der Waals surface area contributed by atoms with E-state index in [2.05, 4.69) is 0 Å². The van der Waals surface area contributed by atoms with Crippen LogP contribution in [0.2, 0.25) is 0 Å². The van der Waals surface area contributed by atoms with Crippen LogP contribution in [-0.4, -0.2) is 48.5 Å². The van der Waals surface area contributed by atoms with Crippen molar-refractivity contribution in [1.29, 1.82) is 0 Å². The molecule has 0 bridgehead atoms. The van der Waals surface area contributed by atoms with Crippen LogP contribution < -0.4 is 16.1 Å². The molecule has 0 spiro atoms. The van der Waals surface area contributed by atoms with E-state index in [1.54, 1.807) is 32.0 Å². The van der Waals surface area contributed by atoms with Gasteiger partial charge in [0.15, 0.2) is 6.10 Å². The number of hydrogen-bond acceptors (Lipinski definition) is 8. The van der Waals surface area contributed by atoms with E-state index in [0.717, 1.165) is 0 Å². The molecular formula is C18H21NO8. The molecule has 1 saturated heterocycles. The Morgan fingerprint density at radius 1 is 1.26 bits per heavy atom. The molecule has 3 N–H and O–H groups in total. The Bertz CT molecular complexity index is 892. The lowest BCUT2D eigenvalue weighted by Gasteiger charge is -2.47. The fourth-order valence-electron chi connectivity index (χ4n) is 3.20. The molecule has 1 aromatic heterocycles. The zero-order valence-electron chi connectivity index (χ0n) is 15.1. The van der Waals surface area contributed by atoms with Crippen molar-refractivity contribution in [2.75, 3.05) is 7.11 Å². The van der Waals surface area contributed by atoms with Gasteiger partial charge in [-0.1, -0.05) is 0 Å². The lowest BCUT2D eigenvalue weighted by Crippen LogP contribution is -2.65. The first-order valence-corrected chi connectivity index (χ1v) is 8.26. The number of methoxy groups -OCH3 is 1. The minimum absolute atomic E-state index is 0.291. The lowest BCUT2D eigenvalue weighted by atomic mass is 9.89. The molecule has 9 heteroatoms. The van der Waals surface area contributed by atoms with Gasteiger partial charge in [-0.15, -0.1) is 0 Å². The fourth-order valence-corrected chi connectivity index (χ4v) is 3.20. The number of benzene rings is 1. The minimum Gasteiger partial charge on any atom is -0.461 e. The number of amides is 1. The summed E-state index contributed by atoms with van der Waals surface area (Å²) < 4.78 is 27.1. The molecule has 1 aliphatic heterocycles. The molecule has 0 radical (unpaired) electrons. The molecule has 0 aliphatic carbocycles. The first kappa shape index (κ1) is 19.2. The van der Waals surface area contributed by atoms with Crippen molar-refractivity contribution in [3.05, 3.63) is 40.8 Å². The number of aliphatic hydroxyl groups excluding tert-OH is 1. The first-order valence-electron chi connectivity index (χ1n) is 8.26. The van der Waals surface area contributed by atoms with Gasteiger partial charge >= 0.3 is 11.7 Å². The van der Waals surface area contributed by atoms with Crippen molar-refractivity contribution in [3.8, 4) is 5.75 Å². The van der Waals surface area contributed by atoms with E-state index in [9.17, 15) is 14.7 Å². The van der Waals surface area contributed by atoms with Gasteiger partial charge in [-0.05, 0) is 32.0 Å². The molecule has 2 aromatic rings. The molecule has 1 fully saturated rings. The number of nitrogens with two attached hydrogens (primary N) is 1. The molecule has 1 aromatic carbocycles. The summed E-state index contributed by atoms with van der Waals surface area (Å²) in [5.74, 6) is 0.291. The predicted molar refractivity (Wildman–Crippen MR) is 93.3 cm³/mol. The summed E-state index contributed by atoms with van der Waals surface area (Å²) in [5, 5.41) is 11.3. The molecule has 2 heterocycles. The van der Waals surface area contributed by atoms with Crippen LogP contribution in [0.3, 0.4) is 0 Å². The molecule has 4 atom stereocenters. The Balaban J connectivity index is 1.92. The average molecular weight is 379 g/mol. The second-order valence-electron chi connectivity index (χ2n) is 6.71. The number of hydrogen-bond donors (Lipinski definition) is 2. The number of carbonyl (C=O) groups is 1. The molecule has 27 heavy (non-hydrogen) atoms. The van der Waals surface area contributed by atoms with Crippen molar-refractivity contribution < 1.29 is 33.3 Å². The Kier molecular flexibility index (Phi) is 5.09. The molecule has 1 aliphatic rings. The van der Waals surface area contributed by atoms with Gasteiger partial charge in [-0.3, -0.25) is 0 Å². The summed E-state index contributed by atoms with van der Waals surface area (Å²) in [7, 11) is 1.41. The Labute approximate surface area is 154 Å². The Morgan fingerprint density at radius 2 is 1.96 bits per heavy atom. The zero-order valence-corrected chi connectivity index (χ0v) is 15.1. The van der Waals surface area contributed by atoms with Gasteiger partial charge < -0.3 is 34.2 Å². The van der Waals surface area contributed by atoms with Crippen LogP contribution in [0.4, 0.5) is 4.79 Å². The van der Waals surface area contributed by atoms with Crippen LogP contribution in [0.1, 0.15) is 13.8 Å². The quantitative estimate of drug-likeness (QED) is 0.757. The topological polar surface area (TPSA) is 130 Å². The standard InChI is InChI=1S/C18H21NO8/c1-18(2)15(23-3)13(21)14(26-17(19)22)16(27-18)24-10-6-4-9-5-7-12(20)25-11(9)8-10/h4-8,13-16,21H,1-3H3,(H2,19,22). The predicted octanol–water partition coefficient (Wildman–Crippen LogP) is 1.15. The van der Waals surface area contributed by atoms with Gasteiger partial charge in [0.25, 0.3) is 0 Å². The van der Waals surface area contributed by atoms with Gasteiger partial charge in [0.2, 0.25) is 6.29 Å². The maximum Gasteiger partial charge on any atom is 0.405 e. The van der Waals surface area contributed by atoms with Crippen LogP contribution in [0.15, 0.2) is 39.5 Å². The smallest absolute Gasteiger partial charge is 0.405 e. The summed E-state index contributed by atoms with van der Waals surface area (Å²) in [6.07, 6.45) is -5.50. The van der Waals surface area contributed by atoms with Crippen LogP contribution in [0, 0.1) is 0 Å². The van der Waals surface area contributed by atoms with Gasteiger partial charge in [-0.2, -0.15) is 0 Å². The van der Waals surface area contributed by atoms with E-state index in [-0.39, 0.29) is 0 Å². The number of aliphatic hydroxyl groups is 1. The van der Waals surface area contributed by atoms with Crippen molar-refractivity contribution in [2.45, 2.75) is 44.1 Å². The fraction of sp³-hybridized carbons (Fsp3) is 0.444. The number of fused-ring (bicyclic) bond motifs is 1. The van der Waals surface area contributed by atoms with E-state index in [1.165, 1.54) is 19.2 Å². The van der Waals surface area contributed by atoms with Gasteiger partial charge in [0.1, 0.15) is 23.5 Å². The summed E-state index contributed by atoms with van der Waals surface area (Å²) in [4.78, 5) is 22.7. The SMILES string of the molecule is COC1C(O)C(OC(N)=O)C(Oc2ccc3ccc(=O)oc3c2)OC1(C)C. The van der Waals surface area contributed by atoms with Crippen LogP contribution in [0.25, 0.3) is 11.0 Å². The van der Waals surface area contributed by atoms with E-state index in [4.69, 9.17) is 29.1 Å². The number of carbonyl (C=O) groups excluding carboxylic acids is 1. The normalized spacial score (nSPS) is 27.3. The number of rotatable bonds is 4. The highest BCUT2D eigenvalue weighted by Crippen LogP contribution is 2.34. The van der Waals surface area contributed by atoms with Gasteiger partial charge in [0, 0.05) is 24.6 Å². The largest absolute Gasteiger partial charge is 0.461 e. The monoisotopic (exact) mass is 379 g/mol. The van der Waals surface area contributed by atoms with Crippen LogP contribution >= 0.6 is 0 Å². The summed E-state index contributed by atoms with van der Waals surface area (Å²) in [6, 6.07) is 7.77. The van der Waals surface area contributed by atoms with Gasteiger partial charge in [0.05, 0.1) is 5.60 Å². The highest BCUT2D eigenvalue weighted by Gasteiger charge is 2.52. The molecule has 0 saturated carbocycles. The first-order chi connectivity index (χ1) is 12.7. The maximum atomic E-state index is 11.4. The maximum absolute atomic E-state index is 11.4. The summed E-state index contributed by atoms with van der Waals surface area (Å²) >= 11 is 0. The van der Waals surface area contributed by atoms with E-state index < -0.39 is 41.9 Å². The van der Waals surface area contributed by atoms with Crippen LogP contribution in [-0.2, 0) is 14.2 Å². The van der Waals surface area contributed by atoms with Crippen molar-refractivity contribution in [3.63, 3.8) is 0 Å². The van der Waals surface area contributed by atoms with Crippen molar-refractivity contribution in [1.82, 2.24) is 0 Å². The Morgan fingerprint density at radius 3 is 2.63 bits per heavy atom. The second-order valence-corrected chi connectivity index (χ2v) is 6.71. The van der Waals surface area contributed by atoms with Gasteiger partial charge in [-0.25, -0.2) is 9.59 Å². The molecule has 146 valence electrons. The molecule has 9 nitrogen and oxygen atoms in total. The molecule has 1 amide bonds. The minimum atomic E-state index is -1.24.